The number of carbonyl (C=O) groups is 1. The van der Waals surface area contributed by atoms with Gasteiger partial charge in [0.25, 0.3) is 0 Å². The molecule has 0 aliphatic rings. The van der Waals surface area contributed by atoms with Crippen LogP contribution in [0.3, 0.4) is 0 Å². The minimum atomic E-state index is -0.258. The van der Waals surface area contributed by atoms with Crippen LogP contribution in [-0.2, 0) is 9.53 Å². The molecule has 0 fully saturated rings. The summed E-state index contributed by atoms with van der Waals surface area (Å²) in [5.41, 5.74) is 0.488. The van der Waals surface area contributed by atoms with Gasteiger partial charge in [-0.3, -0.25) is 0 Å². The van der Waals surface area contributed by atoms with Crippen molar-refractivity contribution in [2.24, 2.45) is 0 Å². The molecule has 0 saturated carbocycles. The molecule has 1 unspecified atom stereocenters. The second kappa shape index (κ2) is 15.1. The highest BCUT2D eigenvalue weighted by atomic mass is 16.5. The Labute approximate surface area is 138 Å². The molecule has 2 nitrogen and oxygen atoms in total. The highest BCUT2D eigenvalue weighted by Gasteiger charge is 2.09. The quantitative estimate of drug-likeness (QED) is 0.194. The molecule has 0 aromatic rings. The molecule has 0 rings (SSSR count). The lowest BCUT2D eigenvalue weighted by Gasteiger charge is -2.12. The molecule has 0 amide bonds. The average molecular weight is 311 g/mol. The molecular formula is C20H38O2. The Balaban J connectivity index is 3.23. The summed E-state index contributed by atoms with van der Waals surface area (Å²) in [5, 5.41) is 0. The van der Waals surface area contributed by atoms with E-state index in [1.165, 1.54) is 70.6 Å². The van der Waals surface area contributed by atoms with Gasteiger partial charge in [-0.1, -0.05) is 84.1 Å². The third-order valence-corrected chi connectivity index (χ3v) is 4.12. The monoisotopic (exact) mass is 310 g/mol. The first-order valence-electron chi connectivity index (χ1n) is 9.44. The van der Waals surface area contributed by atoms with Crippen LogP contribution in [0.2, 0.25) is 0 Å². The summed E-state index contributed by atoms with van der Waals surface area (Å²) in [6.45, 7) is 9.53. The van der Waals surface area contributed by atoms with E-state index in [1.54, 1.807) is 6.92 Å². The zero-order valence-corrected chi connectivity index (χ0v) is 15.3. The molecule has 2 heteroatoms. The first-order chi connectivity index (χ1) is 10.6. The molecule has 130 valence electrons. The van der Waals surface area contributed by atoms with E-state index in [9.17, 15) is 4.79 Å². The van der Waals surface area contributed by atoms with E-state index in [2.05, 4.69) is 13.5 Å². The molecule has 22 heavy (non-hydrogen) atoms. The van der Waals surface area contributed by atoms with Crippen molar-refractivity contribution >= 4 is 5.97 Å². The molecule has 0 spiro atoms. The summed E-state index contributed by atoms with van der Waals surface area (Å²) in [6.07, 6.45) is 17.3. The van der Waals surface area contributed by atoms with Gasteiger partial charge >= 0.3 is 5.97 Å². The number of rotatable bonds is 15. The normalized spacial score (nSPS) is 12.1. The van der Waals surface area contributed by atoms with Crippen LogP contribution in [-0.4, -0.2) is 12.1 Å². The van der Waals surface area contributed by atoms with Gasteiger partial charge in [-0.05, 0) is 26.7 Å². The molecule has 1 atom stereocenters. The standard InChI is InChI=1S/C20H38O2/c1-5-6-7-8-9-10-11-12-13-14-15-16-17-19(4)22-20(21)18(2)3/h19H,2,5-17H2,1,3-4H3. The number of hydrogen-bond donors (Lipinski definition) is 0. The number of unbranched alkanes of at least 4 members (excludes halogenated alkanes) is 11. The molecular weight excluding hydrogens is 272 g/mol. The number of ether oxygens (including phenoxy) is 1. The summed E-state index contributed by atoms with van der Waals surface area (Å²) in [4.78, 5) is 11.3. The van der Waals surface area contributed by atoms with Crippen molar-refractivity contribution in [1.82, 2.24) is 0 Å². The Kier molecular flexibility index (Phi) is 14.6. The van der Waals surface area contributed by atoms with Crippen molar-refractivity contribution in [1.29, 1.82) is 0 Å². The lowest BCUT2D eigenvalue weighted by Crippen LogP contribution is -2.15. The fourth-order valence-electron chi connectivity index (χ4n) is 2.62. The molecule has 0 aromatic heterocycles. The van der Waals surface area contributed by atoms with Crippen molar-refractivity contribution in [2.45, 2.75) is 110 Å². The van der Waals surface area contributed by atoms with E-state index in [1.807, 2.05) is 6.92 Å². The zero-order valence-electron chi connectivity index (χ0n) is 15.3. The third-order valence-electron chi connectivity index (χ3n) is 4.12. The SMILES string of the molecule is C=C(C)C(=O)OC(C)CCCCCCCCCCCCCC. The highest BCUT2D eigenvalue weighted by molar-refractivity contribution is 5.87. The van der Waals surface area contributed by atoms with Crippen molar-refractivity contribution in [3.05, 3.63) is 12.2 Å². The van der Waals surface area contributed by atoms with Crippen molar-refractivity contribution in [2.75, 3.05) is 0 Å². The van der Waals surface area contributed by atoms with Gasteiger partial charge in [-0.2, -0.15) is 0 Å². The summed E-state index contributed by atoms with van der Waals surface area (Å²) >= 11 is 0. The van der Waals surface area contributed by atoms with Crippen molar-refractivity contribution < 1.29 is 9.53 Å². The molecule has 0 aromatic carbocycles. The number of hydrogen-bond acceptors (Lipinski definition) is 2. The maximum absolute atomic E-state index is 11.3. The van der Waals surface area contributed by atoms with E-state index in [0.29, 0.717) is 5.57 Å². The van der Waals surface area contributed by atoms with Crippen LogP contribution in [0.5, 0.6) is 0 Å². The first-order valence-corrected chi connectivity index (χ1v) is 9.44. The summed E-state index contributed by atoms with van der Waals surface area (Å²) in [5.74, 6) is -0.258. The largest absolute Gasteiger partial charge is 0.459 e. The van der Waals surface area contributed by atoms with Crippen molar-refractivity contribution in [3.8, 4) is 0 Å². The third kappa shape index (κ3) is 14.2. The minimum absolute atomic E-state index is 0.0207. The van der Waals surface area contributed by atoms with Crippen molar-refractivity contribution in [3.63, 3.8) is 0 Å². The van der Waals surface area contributed by atoms with E-state index in [-0.39, 0.29) is 12.1 Å². The van der Waals surface area contributed by atoms with E-state index in [4.69, 9.17) is 4.74 Å². The lowest BCUT2D eigenvalue weighted by molar-refractivity contribution is -0.143. The Morgan fingerprint density at radius 2 is 1.27 bits per heavy atom. The molecule has 0 saturated heterocycles. The van der Waals surface area contributed by atoms with Gasteiger partial charge in [0.05, 0.1) is 6.10 Å². The Hall–Kier alpha value is -0.790. The average Bonchev–Trinajstić information content (AvgIpc) is 2.48. The minimum Gasteiger partial charge on any atom is -0.459 e. The topological polar surface area (TPSA) is 26.3 Å². The fourth-order valence-corrected chi connectivity index (χ4v) is 2.62. The molecule has 0 radical (unpaired) electrons. The van der Waals surface area contributed by atoms with Crippen LogP contribution < -0.4 is 0 Å². The number of carbonyl (C=O) groups excluding carboxylic acids is 1. The second-order valence-electron chi connectivity index (χ2n) is 6.67. The maximum atomic E-state index is 11.3. The molecule has 0 N–H and O–H groups in total. The van der Waals surface area contributed by atoms with Gasteiger partial charge in [-0.25, -0.2) is 4.79 Å². The van der Waals surface area contributed by atoms with E-state index in [0.717, 1.165) is 12.8 Å². The van der Waals surface area contributed by atoms with Crippen LogP contribution in [0, 0.1) is 0 Å². The smallest absolute Gasteiger partial charge is 0.333 e. The van der Waals surface area contributed by atoms with E-state index < -0.39 is 0 Å². The van der Waals surface area contributed by atoms with Gasteiger partial charge in [0, 0.05) is 5.57 Å². The predicted molar refractivity (Wildman–Crippen MR) is 96.1 cm³/mol. The molecule has 0 aliphatic carbocycles. The van der Waals surface area contributed by atoms with Gasteiger partial charge in [0.1, 0.15) is 0 Å². The van der Waals surface area contributed by atoms with Crippen LogP contribution in [0.1, 0.15) is 104 Å². The summed E-state index contributed by atoms with van der Waals surface area (Å²) in [6, 6.07) is 0. The van der Waals surface area contributed by atoms with Crippen LogP contribution in [0.15, 0.2) is 12.2 Å². The maximum Gasteiger partial charge on any atom is 0.333 e. The van der Waals surface area contributed by atoms with Crippen LogP contribution >= 0.6 is 0 Å². The zero-order chi connectivity index (χ0) is 16.6. The van der Waals surface area contributed by atoms with Gasteiger partial charge < -0.3 is 4.74 Å². The molecule has 0 aliphatic heterocycles. The second-order valence-corrected chi connectivity index (χ2v) is 6.67. The van der Waals surface area contributed by atoms with Crippen LogP contribution in [0.25, 0.3) is 0 Å². The first kappa shape index (κ1) is 21.2. The van der Waals surface area contributed by atoms with Crippen LogP contribution in [0.4, 0.5) is 0 Å². The Morgan fingerprint density at radius 1 is 0.864 bits per heavy atom. The lowest BCUT2D eigenvalue weighted by atomic mass is 10.0. The van der Waals surface area contributed by atoms with Gasteiger partial charge in [-0.15, -0.1) is 0 Å². The highest BCUT2D eigenvalue weighted by Crippen LogP contribution is 2.13. The Morgan fingerprint density at radius 3 is 1.68 bits per heavy atom. The molecule has 0 heterocycles. The van der Waals surface area contributed by atoms with Gasteiger partial charge in [0.15, 0.2) is 0 Å². The summed E-state index contributed by atoms with van der Waals surface area (Å²) < 4.78 is 5.27. The Bertz CT molecular complexity index is 283. The predicted octanol–water partition coefficient (Wildman–Crippen LogP) is 6.59. The molecule has 0 bridgehead atoms. The van der Waals surface area contributed by atoms with Gasteiger partial charge in [0.2, 0.25) is 0 Å². The fraction of sp³-hybridized carbons (Fsp3) is 0.850. The number of esters is 1. The van der Waals surface area contributed by atoms with E-state index >= 15 is 0 Å². The summed E-state index contributed by atoms with van der Waals surface area (Å²) in [7, 11) is 0.